The average molecular weight is 670 g/mol. The number of carbonyl (C=O) groups excluding carboxylic acids is 2. The maximum absolute atomic E-state index is 14.3. The van der Waals surface area contributed by atoms with E-state index in [1.165, 1.54) is 0 Å². The first-order valence-corrected chi connectivity index (χ1v) is 16.8. The molecule has 0 radical (unpaired) electrons. The summed E-state index contributed by atoms with van der Waals surface area (Å²) in [6, 6.07) is 9.52. The van der Waals surface area contributed by atoms with Gasteiger partial charge in [0.1, 0.15) is 5.60 Å². The molecule has 1 fully saturated rings. The number of nitrogens with zero attached hydrogens (tertiary/aromatic N) is 1. The van der Waals surface area contributed by atoms with E-state index in [9.17, 15) is 19.5 Å². The third-order valence-corrected chi connectivity index (χ3v) is 10.2. The number of hydrogen-bond donors (Lipinski definition) is 2. The topological polar surface area (TPSA) is 95.9 Å². The molecule has 0 spiro atoms. The van der Waals surface area contributed by atoms with E-state index in [4.69, 9.17) is 27.9 Å². The number of ether oxygens (including phenoxy) is 1. The van der Waals surface area contributed by atoms with E-state index in [1.54, 1.807) is 4.90 Å². The van der Waals surface area contributed by atoms with Gasteiger partial charge in [-0.2, -0.15) is 0 Å². The molecule has 0 aromatic heterocycles. The van der Waals surface area contributed by atoms with E-state index in [2.05, 4.69) is 24.1 Å². The van der Waals surface area contributed by atoms with Gasteiger partial charge in [0.25, 0.3) is 5.91 Å². The number of hydrogen-bond acceptors (Lipinski definition) is 4. The predicted octanol–water partition coefficient (Wildman–Crippen LogP) is 8.58. The molecule has 7 nitrogen and oxygen atoms in total. The largest absolute Gasteiger partial charge is 0.481 e. The van der Waals surface area contributed by atoms with Crippen LogP contribution in [0.15, 0.2) is 30.3 Å². The number of fused-ring (bicyclic) bond motifs is 3. The first kappa shape index (κ1) is 35.6. The molecule has 1 aliphatic carbocycles. The summed E-state index contributed by atoms with van der Waals surface area (Å²) >= 11 is 13.8. The molecule has 9 heteroatoms. The standard InChI is InChI=1S/C37H46Cl2N2O5/c1-23(2)29-27(38)20-26-30(31(29)39)32(42)41(22-28-36(26,6)17-11-18-37(28,7)33(43)44)19-10-8-9-12-24-13-15-25(16-14-24)21-40-34(45)46-35(3,4)5/h13-16,20,23,28H,8,10-11,17-19,21-22H2,1-7H3,(H,40,45)(H,43,44)/t28-,36-,37-/m1/s1. The third kappa shape index (κ3) is 7.50. The van der Waals surface area contributed by atoms with E-state index >= 15 is 0 Å². The number of benzene rings is 2. The number of unbranched alkanes of at least 4 members (excludes halogenated alkanes) is 1. The number of nitrogens with one attached hydrogen (secondary N) is 1. The molecule has 46 heavy (non-hydrogen) atoms. The number of rotatable bonds is 7. The normalized spacial score (nSPS) is 22.7. The van der Waals surface area contributed by atoms with Gasteiger partial charge in [-0.05, 0) is 93.2 Å². The maximum atomic E-state index is 14.3. The zero-order chi connectivity index (χ0) is 34.0. The van der Waals surface area contributed by atoms with Gasteiger partial charge in [-0.1, -0.05) is 74.4 Å². The Morgan fingerprint density at radius 2 is 1.83 bits per heavy atom. The minimum atomic E-state index is -1.00. The van der Waals surface area contributed by atoms with Crippen molar-refractivity contribution in [1.29, 1.82) is 0 Å². The van der Waals surface area contributed by atoms with Gasteiger partial charge >= 0.3 is 12.1 Å². The predicted molar refractivity (Wildman–Crippen MR) is 183 cm³/mol. The van der Waals surface area contributed by atoms with Gasteiger partial charge in [-0.25, -0.2) is 4.79 Å². The Labute approximate surface area is 283 Å². The highest BCUT2D eigenvalue weighted by molar-refractivity contribution is 6.38. The lowest BCUT2D eigenvalue weighted by Crippen LogP contribution is -2.53. The van der Waals surface area contributed by atoms with Gasteiger partial charge in [-0.15, -0.1) is 0 Å². The summed E-state index contributed by atoms with van der Waals surface area (Å²) < 4.78 is 5.28. The monoisotopic (exact) mass is 668 g/mol. The van der Waals surface area contributed by atoms with Crippen molar-refractivity contribution in [1.82, 2.24) is 10.2 Å². The van der Waals surface area contributed by atoms with Crippen LogP contribution < -0.4 is 5.32 Å². The molecule has 2 aromatic rings. The van der Waals surface area contributed by atoms with Crippen LogP contribution in [0.1, 0.15) is 119 Å². The van der Waals surface area contributed by atoms with Crippen LogP contribution in [0, 0.1) is 23.2 Å². The number of aliphatic carboxylic acids is 1. The second-order valence-corrected chi connectivity index (χ2v) is 15.2. The van der Waals surface area contributed by atoms with E-state index in [0.29, 0.717) is 54.5 Å². The lowest BCUT2D eigenvalue weighted by Gasteiger charge is -2.50. The first-order chi connectivity index (χ1) is 21.5. The Bertz CT molecular complexity index is 1550. The summed E-state index contributed by atoms with van der Waals surface area (Å²) in [6.45, 7) is 14.5. The summed E-state index contributed by atoms with van der Waals surface area (Å²) in [6.07, 6.45) is 2.76. The Balaban J connectivity index is 1.51. The zero-order valence-electron chi connectivity index (χ0n) is 28.0. The second-order valence-electron chi connectivity index (χ2n) is 14.4. The molecule has 1 aliphatic heterocycles. The minimum absolute atomic E-state index is 0.0135. The molecule has 2 aromatic carbocycles. The fraction of sp³-hybridized carbons (Fsp3) is 0.541. The molecule has 4 rings (SSSR count). The molecule has 2 aliphatic rings. The molecule has 1 heterocycles. The number of amides is 2. The van der Waals surface area contributed by atoms with E-state index in [-0.39, 0.29) is 17.7 Å². The second kappa shape index (κ2) is 13.9. The number of carbonyl (C=O) groups is 3. The maximum Gasteiger partial charge on any atom is 0.407 e. The van der Waals surface area contributed by atoms with Crippen molar-refractivity contribution in [3.63, 3.8) is 0 Å². The molecule has 0 unspecified atom stereocenters. The van der Waals surface area contributed by atoms with E-state index in [0.717, 1.165) is 35.1 Å². The van der Waals surface area contributed by atoms with Crippen LogP contribution in [-0.4, -0.2) is 46.7 Å². The highest BCUT2D eigenvalue weighted by Gasteiger charge is 2.57. The number of carboxylic acids is 1. The Morgan fingerprint density at radius 1 is 1.15 bits per heavy atom. The molecule has 2 amide bonds. The van der Waals surface area contributed by atoms with Crippen LogP contribution in [0.3, 0.4) is 0 Å². The van der Waals surface area contributed by atoms with Crippen molar-refractivity contribution in [2.24, 2.45) is 11.3 Å². The van der Waals surface area contributed by atoms with Gasteiger partial charge in [0.15, 0.2) is 0 Å². The molecular formula is C37H46Cl2N2O5. The summed E-state index contributed by atoms with van der Waals surface area (Å²) in [5.41, 5.74) is 1.61. The van der Waals surface area contributed by atoms with Gasteiger partial charge in [0.2, 0.25) is 0 Å². The fourth-order valence-corrected chi connectivity index (χ4v) is 8.02. The van der Waals surface area contributed by atoms with Gasteiger partial charge in [0.05, 0.1) is 16.0 Å². The highest BCUT2D eigenvalue weighted by Crippen LogP contribution is 2.56. The Hall–Kier alpha value is -3.21. The molecule has 0 saturated heterocycles. The van der Waals surface area contributed by atoms with Crippen LogP contribution in [-0.2, 0) is 21.5 Å². The average Bonchev–Trinajstić information content (AvgIpc) is 3.04. The van der Waals surface area contributed by atoms with Crippen molar-refractivity contribution in [3.8, 4) is 11.8 Å². The number of carboxylic acid groups (broad SMARTS) is 1. The third-order valence-electron chi connectivity index (χ3n) is 9.52. The highest BCUT2D eigenvalue weighted by atomic mass is 35.5. The fourth-order valence-electron chi connectivity index (χ4n) is 7.05. The van der Waals surface area contributed by atoms with Crippen LogP contribution in [0.5, 0.6) is 0 Å². The van der Waals surface area contributed by atoms with E-state index in [1.807, 2.05) is 71.9 Å². The molecular weight excluding hydrogens is 623 g/mol. The number of halogens is 2. The van der Waals surface area contributed by atoms with E-state index < -0.39 is 28.5 Å². The SMILES string of the molecule is CC(C)c1c(Cl)cc2c(c1Cl)C(=O)N(CCCC#Cc1ccc(CNC(=O)OC(C)(C)C)cc1)C[C@H]1[C@](C)(C(=O)O)CCC[C@]21C. The zero-order valence-corrected chi connectivity index (χ0v) is 29.5. The molecule has 0 bridgehead atoms. The lowest BCUT2D eigenvalue weighted by atomic mass is 9.53. The Morgan fingerprint density at radius 3 is 2.43 bits per heavy atom. The van der Waals surface area contributed by atoms with Crippen molar-refractivity contribution >= 4 is 41.2 Å². The van der Waals surface area contributed by atoms with Crippen LogP contribution in [0.25, 0.3) is 0 Å². The van der Waals surface area contributed by atoms with Gasteiger partial charge in [-0.3, -0.25) is 9.59 Å². The van der Waals surface area contributed by atoms with Gasteiger partial charge < -0.3 is 20.1 Å². The molecule has 1 saturated carbocycles. The lowest BCUT2D eigenvalue weighted by molar-refractivity contribution is -0.157. The summed E-state index contributed by atoms with van der Waals surface area (Å²) in [4.78, 5) is 40.7. The summed E-state index contributed by atoms with van der Waals surface area (Å²) in [5.74, 6) is 5.07. The quantitative estimate of drug-likeness (QED) is 0.228. The van der Waals surface area contributed by atoms with Crippen LogP contribution in [0.4, 0.5) is 4.79 Å². The summed E-state index contributed by atoms with van der Waals surface area (Å²) in [7, 11) is 0. The molecule has 248 valence electrons. The van der Waals surface area contributed by atoms with Crippen molar-refractivity contribution in [2.75, 3.05) is 13.1 Å². The van der Waals surface area contributed by atoms with Crippen LogP contribution >= 0.6 is 23.2 Å². The Kier molecular flexibility index (Phi) is 10.8. The minimum Gasteiger partial charge on any atom is -0.481 e. The number of alkyl carbamates (subject to hydrolysis) is 1. The van der Waals surface area contributed by atoms with Gasteiger partial charge in [0, 0.05) is 42.6 Å². The summed E-state index contributed by atoms with van der Waals surface area (Å²) in [5, 5.41) is 14.1. The molecule has 2 N–H and O–H groups in total. The molecule has 3 atom stereocenters. The van der Waals surface area contributed by atoms with Crippen molar-refractivity contribution < 1.29 is 24.2 Å². The van der Waals surface area contributed by atoms with Crippen molar-refractivity contribution in [3.05, 3.63) is 68.2 Å². The van der Waals surface area contributed by atoms with Crippen molar-refractivity contribution in [2.45, 2.75) is 104 Å². The first-order valence-electron chi connectivity index (χ1n) is 16.1. The van der Waals surface area contributed by atoms with Crippen LogP contribution in [0.2, 0.25) is 10.0 Å². The smallest absolute Gasteiger partial charge is 0.407 e.